The third-order valence-corrected chi connectivity index (χ3v) is 6.18. The molecular weight excluding hydrogens is 436 g/mol. The van der Waals surface area contributed by atoms with Gasteiger partial charge in [0.05, 0.1) is 0 Å². The predicted molar refractivity (Wildman–Crippen MR) is 124 cm³/mol. The van der Waals surface area contributed by atoms with E-state index >= 15 is 0 Å². The molecule has 4 rings (SSSR count). The number of amides is 5. The summed E-state index contributed by atoms with van der Waals surface area (Å²) in [6.45, 7) is -0.320. The van der Waals surface area contributed by atoms with Crippen LogP contribution in [0.1, 0.15) is 43.2 Å². The minimum absolute atomic E-state index is 0.0442. The summed E-state index contributed by atoms with van der Waals surface area (Å²) in [7, 11) is 0. The number of rotatable bonds is 8. The van der Waals surface area contributed by atoms with Crippen LogP contribution in [0.3, 0.4) is 0 Å². The summed E-state index contributed by atoms with van der Waals surface area (Å²) in [5.74, 6) is -0.713. The summed E-state index contributed by atoms with van der Waals surface area (Å²) in [4.78, 5) is 50.1. The number of benzene rings is 2. The minimum atomic E-state index is -0.796. The average Bonchev–Trinajstić information content (AvgIpc) is 3.40. The van der Waals surface area contributed by atoms with Gasteiger partial charge in [0.15, 0.2) is 6.61 Å². The molecule has 1 saturated heterocycles. The van der Waals surface area contributed by atoms with Crippen LogP contribution in [0.15, 0.2) is 54.6 Å². The number of imide groups is 1. The number of carbonyl (C=O) groups is 4. The Morgan fingerprint density at radius 1 is 0.941 bits per heavy atom. The zero-order valence-corrected chi connectivity index (χ0v) is 18.8. The molecule has 1 spiro atoms. The van der Waals surface area contributed by atoms with E-state index in [4.69, 9.17) is 4.74 Å². The quantitative estimate of drug-likeness (QED) is 0.408. The summed E-state index contributed by atoms with van der Waals surface area (Å²) in [5, 5.41) is 2.77. The van der Waals surface area contributed by atoms with Crippen LogP contribution >= 0.6 is 0 Å². The SMILES string of the molecule is O=C(CCN1C(=O)NC2(CCCC2)C1=O)NNC(=O)COc1ccccc1Cc1ccccc1. The first kappa shape index (κ1) is 23.3. The third-order valence-electron chi connectivity index (χ3n) is 6.18. The number of ether oxygens (including phenoxy) is 1. The Morgan fingerprint density at radius 3 is 2.38 bits per heavy atom. The zero-order valence-electron chi connectivity index (χ0n) is 18.8. The van der Waals surface area contributed by atoms with Crippen molar-refractivity contribution in [3.8, 4) is 5.75 Å². The number of hydrogen-bond acceptors (Lipinski definition) is 5. The number of hydrogen-bond donors (Lipinski definition) is 3. The first-order valence-corrected chi connectivity index (χ1v) is 11.4. The molecular formula is C25H28N4O5. The fourth-order valence-corrected chi connectivity index (χ4v) is 4.40. The first-order valence-electron chi connectivity index (χ1n) is 11.4. The number of hydrazine groups is 1. The van der Waals surface area contributed by atoms with Gasteiger partial charge in [-0.15, -0.1) is 0 Å². The van der Waals surface area contributed by atoms with Gasteiger partial charge in [-0.05, 0) is 30.0 Å². The highest BCUT2D eigenvalue weighted by atomic mass is 16.5. The van der Waals surface area contributed by atoms with Gasteiger partial charge in [-0.3, -0.25) is 30.1 Å². The molecule has 1 aliphatic heterocycles. The largest absolute Gasteiger partial charge is 0.483 e. The molecule has 2 aromatic carbocycles. The average molecular weight is 465 g/mol. The summed E-state index contributed by atoms with van der Waals surface area (Å²) in [6.07, 6.45) is 3.60. The lowest BCUT2D eigenvalue weighted by Crippen LogP contribution is -2.46. The number of carbonyl (C=O) groups excluding carboxylic acids is 4. The predicted octanol–water partition coefficient (Wildman–Crippen LogP) is 2.06. The molecule has 34 heavy (non-hydrogen) atoms. The van der Waals surface area contributed by atoms with Crippen molar-refractivity contribution in [2.75, 3.05) is 13.2 Å². The Labute approximate surface area is 197 Å². The number of nitrogens with zero attached hydrogens (tertiary/aromatic N) is 1. The Morgan fingerprint density at radius 2 is 1.62 bits per heavy atom. The molecule has 2 aliphatic rings. The smallest absolute Gasteiger partial charge is 0.325 e. The van der Waals surface area contributed by atoms with E-state index < -0.39 is 23.4 Å². The van der Waals surface area contributed by atoms with Gasteiger partial charge in [0.25, 0.3) is 11.8 Å². The van der Waals surface area contributed by atoms with Crippen molar-refractivity contribution < 1.29 is 23.9 Å². The van der Waals surface area contributed by atoms with Crippen molar-refractivity contribution >= 4 is 23.8 Å². The zero-order chi connectivity index (χ0) is 24.0. The number of para-hydroxylation sites is 1. The van der Waals surface area contributed by atoms with Crippen molar-refractivity contribution in [3.63, 3.8) is 0 Å². The van der Waals surface area contributed by atoms with Gasteiger partial charge in [-0.25, -0.2) is 4.79 Å². The van der Waals surface area contributed by atoms with E-state index in [2.05, 4.69) is 16.2 Å². The van der Waals surface area contributed by atoms with Gasteiger partial charge in [0.1, 0.15) is 11.3 Å². The standard InChI is InChI=1S/C25H28N4O5/c30-21(12-15-29-23(32)25(26-24(29)33)13-6-7-14-25)27-28-22(31)17-34-20-11-5-4-10-19(20)16-18-8-2-1-3-9-18/h1-5,8-11H,6-7,12-17H2,(H,26,33)(H,27,30)(H,28,31). The Hall–Kier alpha value is -3.88. The monoisotopic (exact) mass is 464 g/mol. The summed E-state index contributed by atoms with van der Waals surface area (Å²) in [5.41, 5.74) is 5.87. The van der Waals surface area contributed by atoms with Gasteiger partial charge in [-0.2, -0.15) is 0 Å². The maximum absolute atomic E-state index is 12.6. The van der Waals surface area contributed by atoms with Crippen LogP contribution in [0.4, 0.5) is 4.79 Å². The molecule has 1 heterocycles. The molecule has 9 nitrogen and oxygen atoms in total. The van der Waals surface area contributed by atoms with Crippen LogP contribution in [0.5, 0.6) is 5.75 Å². The van der Waals surface area contributed by atoms with Gasteiger partial charge in [-0.1, -0.05) is 61.4 Å². The third kappa shape index (κ3) is 5.36. The molecule has 1 aliphatic carbocycles. The molecule has 178 valence electrons. The lowest BCUT2D eigenvalue weighted by Gasteiger charge is -2.19. The molecule has 0 unspecified atom stereocenters. The highest BCUT2D eigenvalue weighted by molar-refractivity contribution is 6.07. The summed E-state index contributed by atoms with van der Waals surface area (Å²) >= 11 is 0. The summed E-state index contributed by atoms with van der Waals surface area (Å²) in [6, 6.07) is 16.9. The minimum Gasteiger partial charge on any atom is -0.483 e. The topological polar surface area (TPSA) is 117 Å². The molecule has 0 radical (unpaired) electrons. The first-order chi connectivity index (χ1) is 16.5. The Bertz CT molecular complexity index is 1070. The van der Waals surface area contributed by atoms with Crippen molar-refractivity contribution in [3.05, 3.63) is 65.7 Å². The van der Waals surface area contributed by atoms with Gasteiger partial charge in [0.2, 0.25) is 5.91 Å². The lowest BCUT2D eigenvalue weighted by molar-refractivity contribution is -0.132. The van der Waals surface area contributed by atoms with Crippen molar-refractivity contribution in [2.24, 2.45) is 0 Å². The van der Waals surface area contributed by atoms with Crippen LogP contribution in [0, 0.1) is 0 Å². The van der Waals surface area contributed by atoms with E-state index in [1.807, 2.05) is 48.5 Å². The molecule has 0 bridgehead atoms. The van der Waals surface area contributed by atoms with Crippen LogP contribution in [0.2, 0.25) is 0 Å². The Balaban J connectivity index is 1.20. The van der Waals surface area contributed by atoms with E-state index in [1.165, 1.54) is 0 Å². The van der Waals surface area contributed by atoms with Gasteiger partial charge in [0, 0.05) is 19.4 Å². The molecule has 0 atom stereocenters. The molecule has 2 aromatic rings. The second-order valence-corrected chi connectivity index (χ2v) is 8.58. The maximum atomic E-state index is 12.6. The molecule has 5 amide bonds. The second kappa shape index (κ2) is 10.4. The molecule has 9 heteroatoms. The summed E-state index contributed by atoms with van der Waals surface area (Å²) < 4.78 is 5.66. The molecule has 2 fully saturated rings. The van der Waals surface area contributed by atoms with Crippen molar-refractivity contribution in [2.45, 2.75) is 44.1 Å². The number of urea groups is 1. The molecule has 1 saturated carbocycles. The molecule has 0 aromatic heterocycles. The van der Waals surface area contributed by atoms with E-state index in [9.17, 15) is 19.2 Å². The fraction of sp³-hybridized carbons (Fsp3) is 0.360. The highest BCUT2D eigenvalue weighted by Gasteiger charge is 2.52. The van der Waals surface area contributed by atoms with Crippen LogP contribution in [-0.2, 0) is 20.8 Å². The Kier molecular flexibility index (Phi) is 7.10. The van der Waals surface area contributed by atoms with Crippen LogP contribution < -0.4 is 20.9 Å². The van der Waals surface area contributed by atoms with Crippen molar-refractivity contribution in [1.29, 1.82) is 0 Å². The van der Waals surface area contributed by atoms with E-state index in [-0.39, 0.29) is 25.5 Å². The van der Waals surface area contributed by atoms with Crippen molar-refractivity contribution in [1.82, 2.24) is 21.1 Å². The van der Waals surface area contributed by atoms with E-state index in [0.29, 0.717) is 25.0 Å². The molecule has 3 N–H and O–H groups in total. The van der Waals surface area contributed by atoms with Crippen LogP contribution in [0.25, 0.3) is 0 Å². The normalized spacial score (nSPS) is 16.4. The second-order valence-electron chi connectivity index (χ2n) is 8.58. The lowest BCUT2D eigenvalue weighted by atomic mass is 9.98. The fourth-order valence-electron chi connectivity index (χ4n) is 4.40. The maximum Gasteiger partial charge on any atom is 0.325 e. The highest BCUT2D eigenvalue weighted by Crippen LogP contribution is 2.35. The van der Waals surface area contributed by atoms with E-state index in [1.54, 1.807) is 6.07 Å². The van der Waals surface area contributed by atoms with Gasteiger partial charge < -0.3 is 10.1 Å². The van der Waals surface area contributed by atoms with Gasteiger partial charge >= 0.3 is 6.03 Å². The van der Waals surface area contributed by atoms with Crippen LogP contribution in [-0.4, -0.2) is 47.3 Å². The van der Waals surface area contributed by atoms with E-state index in [0.717, 1.165) is 28.9 Å². The number of nitrogens with one attached hydrogen (secondary N) is 3.